The fraction of sp³-hybridized carbons (Fsp3) is 0.214. The Bertz CT molecular complexity index is 560. The summed E-state index contributed by atoms with van der Waals surface area (Å²) >= 11 is 3.43. The second-order valence-corrected chi connectivity index (χ2v) is 4.94. The molecule has 1 heterocycles. The van der Waals surface area contributed by atoms with Crippen molar-refractivity contribution in [2.45, 2.75) is 6.42 Å². The number of nitrogens with two attached hydrogens (primary N) is 1. The Hall–Kier alpha value is -1.75. The van der Waals surface area contributed by atoms with Crippen molar-refractivity contribution in [2.75, 3.05) is 24.7 Å². The number of rotatable bonds is 5. The summed E-state index contributed by atoms with van der Waals surface area (Å²) in [5, 5.41) is 3.27. The number of aromatic nitrogens is 1. The van der Waals surface area contributed by atoms with E-state index in [1.807, 2.05) is 24.3 Å². The van der Waals surface area contributed by atoms with Gasteiger partial charge in [0.05, 0.1) is 23.5 Å². The summed E-state index contributed by atoms with van der Waals surface area (Å²) in [5.41, 5.74) is 7.46. The van der Waals surface area contributed by atoms with E-state index in [0.717, 1.165) is 29.0 Å². The van der Waals surface area contributed by atoms with Gasteiger partial charge in [-0.1, -0.05) is 18.2 Å². The standard InChI is InChI=1S/C14H16BrN3O/c1-19-13-5-3-2-4-10(13)6-7-17-14-12(15)8-11(16)9-18-14/h2-5,8-9H,6-7,16H2,1H3,(H,17,18). The number of methoxy groups -OCH3 is 1. The van der Waals surface area contributed by atoms with Crippen LogP contribution in [0.4, 0.5) is 11.5 Å². The molecule has 1 aromatic carbocycles. The molecule has 0 saturated carbocycles. The maximum absolute atomic E-state index is 5.65. The number of anilines is 2. The average molecular weight is 322 g/mol. The first-order valence-electron chi connectivity index (χ1n) is 5.97. The third-order valence-electron chi connectivity index (χ3n) is 2.74. The summed E-state index contributed by atoms with van der Waals surface area (Å²) in [6.07, 6.45) is 2.50. The lowest BCUT2D eigenvalue weighted by Gasteiger charge is -2.10. The molecule has 0 unspecified atom stereocenters. The van der Waals surface area contributed by atoms with Crippen LogP contribution in [0.25, 0.3) is 0 Å². The number of hydrogen-bond donors (Lipinski definition) is 2. The summed E-state index contributed by atoms with van der Waals surface area (Å²) in [6.45, 7) is 0.774. The number of hydrogen-bond acceptors (Lipinski definition) is 4. The molecule has 1 aromatic heterocycles. The normalized spacial score (nSPS) is 10.2. The molecule has 0 amide bonds. The van der Waals surface area contributed by atoms with Crippen LogP contribution in [0.5, 0.6) is 5.75 Å². The molecule has 0 bridgehead atoms. The number of nitrogen functional groups attached to an aromatic ring is 1. The first-order valence-corrected chi connectivity index (χ1v) is 6.77. The maximum atomic E-state index is 5.65. The minimum absolute atomic E-state index is 0.641. The molecule has 19 heavy (non-hydrogen) atoms. The van der Waals surface area contributed by atoms with Crippen molar-refractivity contribution >= 4 is 27.4 Å². The minimum atomic E-state index is 0.641. The highest BCUT2D eigenvalue weighted by Gasteiger charge is 2.04. The zero-order valence-electron chi connectivity index (χ0n) is 10.7. The summed E-state index contributed by atoms with van der Waals surface area (Å²) < 4.78 is 6.19. The Balaban J connectivity index is 1.96. The van der Waals surface area contributed by atoms with Crippen LogP contribution in [0.3, 0.4) is 0 Å². The van der Waals surface area contributed by atoms with E-state index in [4.69, 9.17) is 10.5 Å². The Morgan fingerprint density at radius 2 is 2.16 bits per heavy atom. The number of pyridine rings is 1. The number of para-hydroxylation sites is 1. The number of halogens is 1. The highest BCUT2D eigenvalue weighted by atomic mass is 79.9. The van der Waals surface area contributed by atoms with Crippen molar-refractivity contribution in [2.24, 2.45) is 0 Å². The van der Waals surface area contributed by atoms with Gasteiger partial charge in [0.1, 0.15) is 11.6 Å². The summed E-state index contributed by atoms with van der Waals surface area (Å²) in [7, 11) is 1.68. The van der Waals surface area contributed by atoms with Gasteiger partial charge in [0.25, 0.3) is 0 Å². The van der Waals surface area contributed by atoms with Crippen molar-refractivity contribution in [3.05, 3.63) is 46.6 Å². The molecule has 0 aliphatic carbocycles. The maximum Gasteiger partial charge on any atom is 0.140 e. The first-order chi connectivity index (χ1) is 9.20. The van der Waals surface area contributed by atoms with E-state index in [0.29, 0.717) is 5.69 Å². The number of benzene rings is 1. The van der Waals surface area contributed by atoms with Crippen molar-refractivity contribution < 1.29 is 4.74 Å². The number of ether oxygens (including phenoxy) is 1. The minimum Gasteiger partial charge on any atom is -0.496 e. The van der Waals surface area contributed by atoms with Crippen molar-refractivity contribution in [3.8, 4) is 5.75 Å². The van der Waals surface area contributed by atoms with Crippen LogP contribution in [0.15, 0.2) is 41.0 Å². The fourth-order valence-corrected chi connectivity index (χ4v) is 2.31. The van der Waals surface area contributed by atoms with E-state index >= 15 is 0 Å². The predicted molar refractivity (Wildman–Crippen MR) is 81.5 cm³/mol. The van der Waals surface area contributed by atoms with Crippen LogP contribution < -0.4 is 15.8 Å². The Kier molecular flexibility index (Phi) is 4.63. The number of nitrogens with zero attached hydrogens (tertiary/aromatic N) is 1. The van der Waals surface area contributed by atoms with Gasteiger partial charge in [-0.05, 0) is 40.0 Å². The molecule has 2 rings (SSSR count). The third-order valence-corrected chi connectivity index (χ3v) is 3.35. The quantitative estimate of drug-likeness (QED) is 0.888. The molecular formula is C14H16BrN3O. The molecule has 0 atom stereocenters. The Labute approximate surface area is 121 Å². The summed E-state index contributed by atoms with van der Waals surface area (Å²) in [4.78, 5) is 4.24. The Morgan fingerprint density at radius 3 is 2.89 bits per heavy atom. The second kappa shape index (κ2) is 6.43. The predicted octanol–water partition coefficient (Wildman–Crippen LogP) is 3.09. The van der Waals surface area contributed by atoms with Crippen LogP contribution >= 0.6 is 15.9 Å². The second-order valence-electron chi connectivity index (χ2n) is 4.09. The SMILES string of the molecule is COc1ccccc1CCNc1ncc(N)cc1Br. The van der Waals surface area contributed by atoms with E-state index in [1.165, 1.54) is 5.56 Å². The lowest BCUT2D eigenvalue weighted by Crippen LogP contribution is -2.08. The van der Waals surface area contributed by atoms with E-state index in [2.05, 4.69) is 32.3 Å². The highest BCUT2D eigenvalue weighted by Crippen LogP contribution is 2.22. The molecule has 5 heteroatoms. The van der Waals surface area contributed by atoms with E-state index in [1.54, 1.807) is 13.3 Å². The van der Waals surface area contributed by atoms with Crippen LogP contribution in [0.1, 0.15) is 5.56 Å². The third kappa shape index (κ3) is 3.61. The van der Waals surface area contributed by atoms with Crippen LogP contribution in [0.2, 0.25) is 0 Å². The van der Waals surface area contributed by atoms with Crippen LogP contribution in [0, 0.1) is 0 Å². The lowest BCUT2D eigenvalue weighted by atomic mass is 10.1. The van der Waals surface area contributed by atoms with Gasteiger partial charge in [-0.2, -0.15) is 0 Å². The molecule has 0 aliphatic heterocycles. The largest absolute Gasteiger partial charge is 0.496 e. The van der Waals surface area contributed by atoms with Gasteiger partial charge in [-0.3, -0.25) is 0 Å². The molecule has 2 aromatic rings. The first kappa shape index (κ1) is 13.7. The Morgan fingerprint density at radius 1 is 1.37 bits per heavy atom. The van der Waals surface area contributed by atoms with Crippen LogP contribution in [-0.2, 0) is 6.42 Å². The lowest BCUT2D eigenvalue weighted by molar-refractivity contribution is 0.410. The molecule has 100 valence electrons. The average Bonchev–Trinajstić information content (AvgIpc) is 2.42. The zero-order chi connectivity index (χ0) is 13.7. The summed E-state index contributed by atoms with van der Waals surface area (Å²) in [6, 6.07) is 9.83. The fourth-order valence-electron chi connectivity index (χ4n) is 1.81. The molecule has 0 saturated heterocycles. The monoisotopic (exact) mass is 321 g/mol. The van der Waals surface area contributed by atoms with Crippen molar-refractivity contribution in [1.29, 1.82) is 0 Å². The molecular weight excluding hydrogens is 306 g/mol. The van der Waals surface area contributed by atoms with Gasteiger partial charge in [0, 0.05) is 6.54 Å². The molecule has 4 nitrogen and oxygen atoms in total. The smallest absolute Gasteiger partial charge is 0.140 e. The highest BCUT2D eigenvalue weighted by molar-refractivity contribution is 9.10. The topological polar surface area (TPSA) is 60.2 Å². The molecule has 3 N–H and O–H groups in total. The van der Waals surface area contributed by atoms with Gasteiger partial charge < -0.3 is 15.8 Å². The van der Waals surface area contributed by atoms with E-state index in [-0.39, 0.29) is 0 Å². The van der Waals surface area contributed by atoms with Crippen LogP contribution in [-0.4, -0.2) is 18.6 Å². The molecule has 0 aliphatic rings. The van der Waals surface area contributed by atoms with Crippen molar-refractivity contribution in [3.63, 3.8) is 0 Å². The number of nitrogens with one attached hydrogen (secondary N) is 1. The zero-order valence-corrected chi connectivity index (χ0v) is 12.3. The van der Waals surface area contributed by atoms with Crippen molar-refractivity contribution in [1.82, 2.24) is 4.98 Å². The van der Waals surface area contributed by atoms with E-state index in [9.17, 15) is 0 Å². The molecule has 0 radical (unpaired) electrons. The van der Waals surface area contributed by atoms with Gasteiger partial charge in [-0.25, -0.2) is 4.98 Å². The summed E-state index contributed by atoms with van der Waals surface area (Å²) in [5.74, 6) is 1.71. The van der Waals surface area contributed by atoms with Gasteiger partial charge in [0.15, 0.2) is 0 Å². The molecule has 0 fully saturated rings. The van der Waals surface area contributed by atoms with Gasteiger partial charge in [-0.15, -0.1) is 0 Å². The molecule has 0 spiro atoms. The van der Waals surface area contributed by atoms with Gasteiger partial charge >= 0.3 is 0 Å². The van der Waals surface area contributed by atoms with E-state index < -0.39 is 0 Å². The van der Waals surface area contributed by atoms with Gasteiger partial charge in [0.2, 0.25) is 0 Å².